The molecule has 0 spiro atoms. The predicted molar refractivity (Wildman–Crippen MR) is 51.2 cm³/mol. The number of carbonyl (C=O) groups is 1. The second-order valence-corrected chi connectivity index (χ2v) is 4.11. The first kappa shape index (κ1) is 11.5. The van der Waals surface area contributed by atoms with Gasteiger partial charge in [-0.15, -0.1) is 0 Å². The van der Waals surface area contributed by atoms with Gasteiger partial charge in [0, 0.05) is 20.0 Å². The molecule has 0 aromatic rings. The number of rotatable bonds is 3. The molecule has 1 aliphatic heterocycles. The molecule has 4 nitrogen and oxygen atoms in total. The van der Waals surface area contributed by atoms with Gasteiger partial charge in [0.15, 0.2) is 5.60 Å². The highest BCUT2D eigenvalue weighted by molar-refractivity contribution is 5.77. The minimum absolute atomic E-state index is 0.0141. The number of hydrogen-bond acceptors (Lipinski definition) is 3. The van der Waals surface area contributed by atoms with Gasteiger partial charge in [-0.05, 0) is 5.92 Å². The van der Waals surface area contributed by atoms with E-state index < -0.39 is 11.6 Å². The van der Waals surface area contributed by atoms with Crippen molar-refractivity contribution in [1.29, 1.82) is 0 Å². The highest BCUT2D eigenvalue weighted by Gasteiger charge is 2.44. The molecule has 0 aliphatic carbocycles. The van der Waals surface area contributed by atoms with Crippen LogP contribution in [-0.4, -0.2) is 36.5 Å². The molecule has 1 saturated heterocycles. The van der Waals surface area contributed by atoms with Crippen LogP contribution in [0.25, 0.3) is 0 Å². The van der Waals surface area contributed by atoms with Gasteiger partial charge in [0.1, 0.15) is 0 Å². The lowest BCUT2D eigenvalue weighted by atomic mass is 9.86. The van der Waals surface area contributed by atoms with E-state index in [-0.39, 0.29) is 6.10 Å². The Labute approximate surface area is 84.2 Å². The molecule has 0 aromatic heterocycles. The van der Waals surface area contributed by atoms with Crippen LogP contribution in [0.4, 0.5) is 0 Å². The molecule has 2 atom stereocenters. The summed E-state index contributed by atoms with van der Waals surface area (Å²) < 4.78 is 10.6. The topological polar surface area (TPSA) is 55.8 Å². The van der Waals surface area contributed by atoms with E-state index in [1.165, 1.54) is 7.11 Å². The fourth-order valence-corrected chi connectivity index (χ4v) is 1.76. The number of methoxy groups -OCH3 is 1. The van der Waals surface area contributed by atoms with E-state index >= 15 is 0 Å². The van der Waals surface area contributed by atoms with Crippen molar-refractivity contribution >= 4 is 5.97 Å². The van der Waals surface area contributed by atoms with E-state index in [0.717, 1.165) is 0 Å². The van der Waals surface area contributed by atoms with Crippen LogP contribution in [0.1, 0.15) is 26.7 Å². The van der Waals surface area contributed by atoms with Crippen LogP contribution in [0.15, 0.2) is 0 Å². The summed E-state index contributed by atoms with van der Waals surface area (Å²) in [7, 11) is 1.46. The molecular weight excluding hydrogens is 184 g/mol. The number of hydrogen-bond donors (Lipinski definition) is 1. The minimum atomic E-state index is -1.03. The zero-order valence-electron chi connectivity index (χ0n) is 8.95. The first-order valence-corrected chi connectivity index (χ1v) is 4.92. The van der Waals surface area contributed by atoms with Crippen molar-refractivity contribution in [2.24, 2.45) is 5.92 Å². The number of aliphatic carboxylic acids is 1. The van der Waals surface area contributed by atoms with E-state index in [4.69, 9.17) is 14.6 Å². The van der Waals surface area contributed by atoms with Crippen LogP contribution in [0, 0.1) is 5.92 Å². The van der Waals surface area contributed by atoms with Crippen LogP contribution < -0.4 is 0 Å². The fourth-order valence-electron chi connectivity index (χ4n) is 1.76. The van der Waals surface area contributed by atoms with Gasteiger partial charge in [0.2, 0.25) is 0 Å². The van der Waals surface area contributed by atoms with Gasteiger partial charge in [-0.25, -0.2) is 4.79 Å². The van der Waals surface area contributed by atoms with Gasteiger partial charge in [-0.1, -0.05) is 13.8 Å². The van der Waals surface area contributed by atoms with Crippen LogP contribution in [0.2, 0.25) is 0 Å². The summed E-state index contributed by atoms with van der Waals surface area (Å²) in [5.41, 5.74) is -1.03. The molecule has 0 amide bonds. The average molecular weight is 202 g/mol. The standard InChI is InChI=1S/C10H18O4/c1-7(2)8-6-10(13-3,9(11)12)4-5-14-8/h7-8H,4-6H2,1-3H3,(H,11,12). The monoisotopic (exact) mass is 202 g/mol. The first-order chi connectivity index (χ1) is 6.52. The molecule has 82 valence electrons. The lowest BCUT2D eigenvalue weighted by Crippen LogP contribution is -2.49. The second kappa shape index (κ2) is 4.28. The SMILES string of the molecule is COC1(C(=O)O)CCOC(C(C)C)C1. The molecule has 2 unspecified atom stereocenters. The highest BCUT2D eigenvalue weighted by atomic mass is 16.5. The molecule has 1 fully saturated rings. The Morgan fingerprint density at radius 3 is 2.71 bits per heavy atom. The van der Waals surface area contributed by atoms with E-state index in [1.807, 2.05) is 13.8 Å². The van der Waals surface area contributed by atoms with Crippen LogP contribution in [0.3, 0.4) is 0 Å². The van der Waals surface area contributed by atoms with Crippen molar-refractivity contribution in [3.05, 3.63) is 0 Å². The Kier molecular flexibility index (Phi) is 3.50. The summed E-state index contributed by atoms with van der Waals surface area (Å²) >= 11 is 0. The van der Waals surface area contributed by atoms with Gasteiger partial charge in [-0.2, -0.15) is 0 Å². The zero-order chi connectivity index (χ0) is 10.8. The molecule has 0 aromatic carbocycles. The Morgan fingerprint density at radius 2 is 2.29 bits per heavy atom. The normalized spacial score (nSPS) is 33.3. The van der Waals surface area contributed by atoms with Crippen molar-refractivity contribution in [3.63, 3.8) is 0 Å². The van der Waals surface area contributed by atoms with Crippen molar-refractivity contribution < 1.29 is 19.4 Å². The smallest absolute Gasteiger partial charge is 0.336 e. The lowest BCUT2D eigenvalue weighted by Gasteiger charge is -2.38. The summed E-state index contributed by atoms with van der Waals surface area (Å²) in [6, 6.07) is 0. The van der Waals surface area contributed by atoms with E-state index in [2.05, 4.69) is 0 Å². The molecule has 14 heavy (non-hydrogen) atoms. The second-order valence-electron chi connectivity index (χ2n) is 4.11. The third kappa shape index (κ3) is 2.07. The Balaban J connectivity index is 2.74. The molecule has 0 saturated carbocycles. The van der Waals surface area contributed by atoms with Gasteiger partial charge in [0.25, 0.3) is 0 Å². The first-order valence-electron chi connectivity index (χ1n) is 4.92. The maximum absolute atomic E-state index is 11.1. The average Bonchev–Trinajstić information content (AvgIpc) is 2.17. The van der Waals surface area contributed by atoms with Crippen LogP contribution in [-0.2, 0) is 14.3 Å². The Morgan fingerprint density at radius 1 is 1.64 bits per heavy atom. The molecular formula is C10H18O4. The highest BCUT2D eigenvalue weighted by Crippen LogP contribution is 2.31. The van der Waals surface area contributed by atoms with Crippen LogP contribution >= 0.6 is 0 Å². The van der Waals surface area contributed by atoms with Crippen molar-refractivity contribution in [3.8, 4) is 0 Å². The molecule has 1 heterocycles. The summed E-state index contributed by atoms with van der Waals surface area (Å²) in [5, 5.41) is 9.11. The van der Waals surface area contributed by atoms with E-state index in [1.54, 1.807) is 0 Å². The maximum Gasteiger partial charge on any atom is 0.336 e. The third-order valence-electron chi connectivity index (χ3n) is 2.89. The largest absolute Gasteiger partial charge is 0.479 e. The van der Waals surface area contributed by atoms with Gasteiger partial charge in [0.05, 0.1) is 12.7 Å². The number of carboxylic acid groups (broad SMARTS) is 1. The third-order valence-corrected chi connectivity index (χ3v) is 2.89. The summed E-state index contributed by atoms with van der Waals surface area (Å²) in [4.78, 5) is 11.1. The van der Waals surface area contributed by atoms with Crippen molar-refractivity contribution in [1.82, 2.24) is 0 Å². The fraction of sp³-hybridized carbons (Fsp3) is 0.900. The minimum Gasteiger partial charge on any atom is -0.479 e. The van der Waals surface area contributed by atoms with Gasteiger partial charge >= 0.3 is 5.97 Å². The van der Waals surface area contributed by atoms with Gasteiger partial charge < -0.3 is 14.6 Å². The van der Waals surface area contributed by atoms with Crippen molar-refractivity contribution in [2.75, 3.05) is 13.7 Å². The maximum atomic E-state index is 11.1. The predicted octanol–water partition coefficient (Wildman–Crippen LogP) is 1.29. The Bertz CT molecular complexity index is 214. The Hall–Kier alpha value is -0.610. The lowest BCUT2D eigenvalue weighted by molar-refractivity contribution is -0.183. The molecule has 1 aliphatic rings. The van der Waals surface area contributed by atoms with Crippen molar-refractivity contribution in [2.45, 2.75) is 38.4 Å². The van der Waals surface area contributed by atoms with Gasteiger partial charge in [-0.3, -0.25) is 0 Å². The van der Waals surface area contributed by atoms with E-state index in [9.17, 15) is 4.79 Å². The summed E-state index contributed by atoms with van der Waals surface area (Å²) in [5.74, 6) is -0.557. The summed E-state index contributed by atoms with van der Waals surface area (Å²) in [6.45, 7) is 4.51. The number of ether oxygens (including phenoxy) is 2. The number of carboxylic acids is 1. The van der Waals surface area contributed by atoms with E-state index in [0.29, 0.717) is 25.4 Å². The molecule has 1 N–H and O–H groups in total. The molecule has 4 heteroatoms. The summed E-state index contributed by atoms with van der Waals surface area (Å²) in [6.07, 6.45) is 0.859. The quantitative estimate of drug-likeness (QED) is 0.749. The molecule has 1 rings (SSSR count). The van der Waals surface area contributed by atoms with Crippen LogP contribution in [0.5, 0.6) is 0 Å². The molecule has 0 bridgehead atoms. The zero-order valence-corrected chi connectivity index (χ0v) is 8.95. The molecule has 0 radical (unpaired) electrons.